The number of hydrogen-bond acceptors (Lipinski definition) is 2. The molecule has 0 unspecified atom stereocenters. The third kappa shape index (κ3) is 3.19. The molecule has 0 fully saturated rings. The number of halogens is 5. The second-order valence-electron chi connectivity index (χ2n) is 2.42. The monoisotopic (exact) mass is 274 g/mol. The topological polar surface area (TPSA) is 26.3 Å². The Morgan fingerprint density at radius 1 is 1.33 bits per heavy atom. The largest absolute Gasteiger partial charge is 0.433 e. The molecular weight excluding hydrogens is 272 g/mol. The predicted octanol–water partition coefficient (Wildman–Crippen LogP) is 3.97. The van der Waals surface area contributed by atoms with Gasteiger partial charge in [0.25, 0.3) is 5.24 Å². The van der Waals surface area contributed by atoms with Crippen molar-refractivity contribution in [1.29, 1.82) is 0 Å². The lowest BCUT2D eigenvalue weighted by molar-refractivity contribution is -0.0498. The van der Waals surface area contributed by atoms with Gasteiger partial charge in [0.2, 0.25) is 0 Å². The standard InChI is InChI=1S/C8H3Cl3F2O2/c9-3-1-4(7(11)14)6(10)5(2-3)15-8(12)13/h1-2,8H. The van der Waals surface area contributed by atoms with Crippen molar-refractivity contribution in [1.82, 2.24) is 0 Å². The van der Waals surface area contributed by atoms with Crippen LogP contribution in [0.4, 0.5) is 8.78 Å². The Bertz CT molecular complexity index is 396. The molecule has 0 N–H and O–H groups in total. The fourth-order valence-corrected chi connectivity index (χ4v) is 1.53. The van der Waals surface area contributed by atoms with Gasteiger partial charge in [0.05, 0.1) is 10.6 Å². The number of ether oxygens (including phenoxy) is 1. The Hall–Kier alpha value is -0.580. The normalized spacial score (nSPS) is 10.5. The van der Waals surface area contributed by atoms with Crippen LogP contribution in [-0.2, 0) is 0 Å². The van der Waals surface area contributed by atoms with E-state index in [1.54, 1.807) is 0 Å². The van der Waals surface area contributed by atoms with E-state index >= 15 is 0 Å². The van der Waals surface area contributed by atoms with Gasteiger partial charge in [-0.3, -0.25) is 4.79 Å². The second-order valence-corrected chi connectivity index (χ2v) is 3.58. The summed E-state index contributed by atoms with van der Waals surface area (Å²) < 4.78 is 27.9. The Kier molecular flexibility index (Phi) is 4.13. The molecule has 0 saturated heterocycles. The maximum Gasteiger partial charge on any atom is 0.387 e. The van der Waals surface area contributed by atoms with E-state index in [0.717, 1.165) is 12.1 Å². The van der Waals surface area contributed by atoms with Crippen LogP contribution in [-0.4, -0.2) is 11.9 Å². The Labute approximate surface area is 98.7 Å². The summed E-state index contributed by atoms with van der Waals surface area (Å²) in [6.45, 7) is -3.06. The van der Waals surface area contributed by atoms with Gasteiger partial charge in [-0.05, 0) is 17.7 Å². The van der Waals surface area contributed by atoms with E-state index in [2.05, 4.69) is 4.74 Å². The maximum atomic E-state index is 11.9. The molecule has 15 heavy (non-hydrogen) atoms. The molecule has 0 amide bonds. The highest BCUT2D eigenvalue weighted by molar-refractivity contribution is 6.69. The lowest BCUT2D eigenvalue weighted by Crippen LogP contribution is -2.04. The molecule has 7 heteroatoms. The zero-order chi connectivity index (χ0) is 11.6. The maximum absolute atomic E-state index is 11.9. The molecule has 0 saturated carbocycles. The minimum absolute atomic E-state index is 0.0269. The summed E-state index contributed by atoms with van der Waals surface area (Å²) in [7, 11) is 0. The third-order valence-electron chi connectivity index (χ3n) is 1.43. The van der Waals surface area contributed by atoms with Crippen LogP contribution in [0.5, 0.6) is 5.75 Å². The molecule has 0 aliphatic heterocycles. The van der Waals surface area contributed by atoms with Crippen LogP contribution in [0.2, 0.25) is 10.0 Å². The van der Waals surface area contributed by atoms with Crippen molar-refractivity contribution in [3.63, 3.8) is 0 Å². The van der Waals surface area contributed by atoms with Gasteiger partial charge in [0, 0.05) is 11.1 Å². The predicted molar refractivity (Wildman–Crippen MR) is 53.3 cm³/mol. The van der Waals surface area contributed by atoms with Crippen molar-refractivity contribution >= 4 is 40.0 Å². The quantitative estimate of drug-likeness (QED) is 0.780. The Morgan fingerprint density at radius 2 is 1.93 bits per heavy atom. The molecule has 2 nitrogen and oxygen atoms in total. The minimum Gasteiger partial charge on any atom is -0.433 e. The van der Waals surface area contributed by atoms with Crippen LogP contribution in [0.3, 0.4) is 0 Å². The number of carbonyl (C=O) groups excluding carboxylic acids is 1. The molecule has 0 radical (unpaired) electrons. The van der Waals surface area contributed by atoms with Crippen LogP contribution >= 0.6 is 34.8 Å². The SMILES string of the molecule is O=C(Cl)c1cc(Cl)cc(OC(F)F)c1Cl. The van der Waals surface area contributed by atoms with Crippen molar-refractivity contribution in [3.8, 4) is 5.75 Å². The first-order chi connectivity index (χ1) is 6.91. The highest BCUT2D eigenvalue weighted by Crippen LogP contribution is 2.33. The van der Waals surface area contributed by atoms with Crippen LogP contribution in [0.15, 0.2) is 12.1 Å². The molecule has 0 aliphatic rings. The highest BCUT2D eigenvalue weighted by Gasteiger charge is 2.16. The van der Waals surface area contributed by atoms with Crippen molar-refractivity contribution in [3.05, 3.63) is 27.7 Å². The zero-order valence-electron chi connectivity index (χ0n) is 6.94. The summed E-state index contributed by atoms with van der Waals surface area (Å²) in [6.07, 6.45) is 0. The molecule has 0 aliphatic carbocycles. The Balaban J connectivity index is 3.22. The van der Waals surface area contributed by atoms with Gasteiger partial charge in [0.1, 0.15) is 5.75 Å². The molecular formula is C8H3Cl3F2O2. The van der Waals surface area contributed by atoms with Gasteiger partial charge < -0.3 is 4.74 Å². The van der Waals surface area contributed by atoms with E-state index in [1.807, 2.05) is 0 Å². The van der Waals surface area contributed by atoms with Gasteiger partial charge in [-0.2, -0.15) is 8.78 Å². The van der Waals surface area contributed by atoms with Gasteiger partial charge in [-0.25, -0.2) is 0 Å². The lowest BCUT2D eigenvalue weighted by atomic mass is 10.2. The first-order valence-electron chi connectivity index (χ1n) is 3.55. The van der Waals surface area contributed by atoms with E-state index in [4.69, 9.17) is 34.8 Å². The fourth-order valence-electron chi connectivity index (χ4n) is 0.889. The second kappa shape index (κ2) is 4.96. The zero-order valence-corrected chi connectivity index (χ0v) is 9.21. The first kappa shape index (κ1) is 12.5. The van der Waals surface area contributed by atoms with E-state index in [1.165, 1.54) is 0 Å². The average molecular weight is 275 g/mol. The van der Waals surface area contributed by atoms with Crippen LogP contribution < -0.4 is 4.74 Å². The van der Waals surface area contributed by atoms with E-state index in [0.29, 0.717) is 0 Å². The Morgan fingerprint density at radius 3 is 2.40 bits per heavy atom. The van der Waals surface area contributed by atoms with Gasteiger partial charge in [-0.15, -0.1) is 0 Å². The van der Waals surface area contributed by atoms with E-state index in [9.17, 15) is 13.6 Å². The van der Waals surface area contributed by atoms with E-state index in [-0.39, 0.29) is 21.4 Å². The molecule has 0 aromatic heterocycles. The average Bonchev–Trinajstić information content (AvgIpc) is 2.09. The summed E-state index contributed by atoms with van der Waals surface area (Å²) in [4.78, 5) is 10.8. The summed E-state index contributed by atoms with van der Waals surface area (Å²) in [5, 5.41) is -1.17. The number of alkyl halides is 2. The minimum atomic E-state index is -3.06. The van der Waals surface area contributed by atoms with Crippen LogP contribution in [0, 0.1) is 0 Å². The molecule has 0 atom stereocenters. The van der Waals surface area contributed by atoms with Gasteiger partial charge in [0.15, 0.2) is 0 Å². The van der Waals surface area contributed by atoms with Crippen molar-refractivity contribution in [2.75, 3.05) is 0 Å². The van der Waals surface area contributed by atoms with Crippen molar-refractivity contribution in [2.24, 2.45) is 0 Å². The first-order valence-corrected chi connectivity index (χ1v) is 4.69. The molecule has 1 aromatic rings. The number of rotatable bonds is 3. The summed E-state index contributed by atoms with van der Waals surface area (Å²) in [5.74, 6) is -0.386. The third-order valence-corrected chi connectivity index (χ3v) is 2.24. The molecule has 0 heterocycles. The smallest absolute Gasteiger partial charge is 0.387 e. The van der Waals surface area contributed by atoms with Crippen LogP contribution in [0.25, 0.3) is 0 Å². The van der Waals surface area contributed by atoms with Gasteiger partial charge in [-0.1, -0.05) is 23.2 Å². The lowest BCUT2D eigenvalue weighted by Gasteiger charge is -2.09. The highest BCUT2D eigenvalue weighted by atomic mass is 35.5. The summed E-state index contributed by atoms with van der Waals surface area (Å²) in [6, 6.07) is 2.23. The van der Waals surface area contributed by atoms with Crippen LogP contribution in [0.1, 0.15) is 10.4 Å². The molecule has 0 spiro atoms. The summed E-state index contributed by atoms with van der Waals surface area (Å²) in [5.41, 5.74) is -0.179. The summed E-state index contributed by atoms with van der Waals surface area (Å²) >= 11 is 16.3. The molecule has 1 aromatic carbocycles. The van der Waals surface area contributed by atoms with Gasteiger partial charge >= 0.3 is 6.61 Å². The van der Waals surface area contributed by atoms with Crippen molar-refractivity contribution in [2.45, 2.75) is 6.61 Å². The fraction of sp³-hybridized carbons (Fsp3) is 0.125. The number of carbonyl (C=O) groups is 1. The molecule has 1 rings (SSSR count). The van der Waals surface area contributed by atoms with E-state index < -0.39 is 11.9 Å². The van der Waals surface area contributed by atoms with Crippen molar-refractivity contribution < 1.29 is 18.3 Å². The molecule has 0 bridgehead atoms. The number of benzene rings is 1. The number of hydrogen-bond donors (Lipinski definition) is 0. The molecule has 82 valence electrons.